The third-order valence-electron chi connectivity index (χ3n) is 6.67. The van der Waals surface area contributed by atoms with Crippen molar-refractivity contribution in [1.29, 1.82) is 0 Å². The monoisotopic (exact) mass is 552 g/mol. The second kappa shape index (κ2) is 9.80. The lowest BCUT2D eigenvalue weighted by Gasteiger charge is -2.40. The Labute approximate surface area is 224 Å². The molecule has 1 atom stereocenters. The Kier molecular flexibility index (Phi) is 6.29. The Bertz CT molecular complexity index is 1590. The number of para-hydroxylation sites is 3. The van der Waals surface area contributed by atoms with Gasteiger partial charge in [0.25, 0.3) is 0 Å². The lowest BCUT2D eigenvalue weighted by Crippen LogP contribution is -2.54. The van der Waals surface area contributed by atoms with Gasteiger partial charge in [-0.05, 0) is 30.7 Å². The van der Waals surface area contributed by atoms with E-state index in [0.29, 0.717) is 41.5 Å². The van der Waals surface area contributed by atoms with Crippen molar-refractivity contribution in [3.63, 3.8) is 0 Å². The van der Waals surface area contributed by atoms with E-state index in [4.69, 9.17) is 0 Å². The summed E-state index contributed by atoms with van der Waals surface area (Å²) in [6, 6.07) is 14.5. The van der Waals surface area contributed by atoms with Crippen LogP contribution >= 0.6 is 11.3 Å². The number of anilines is 1. The molecule has 6 rings (SSSR count). The van der Waals surface area contributed by atoms with Gasteiger partial charge in [-0.1, -0.05) is 41.7 Å². The minimum atomic E-state index is -4.58. The van der Waals surface area contributed by atoms with Crippen LogP contribution in [0.4, 0.5) is 18.2 Å². The van der Waals surface area contributed by atoms with Crippen molar-refractivity contribution in [2.75, 3.05) is 24.5 Å². The smallest absolute Gasteiger partial charge is 0.358 e. The van der Waals surface area contributed by atoms with Gasteiger partial charge in [0.2, 0.25) is 10.9 Å². The number of aromatic nitrogens is 6. The highest BCUT2D eigenvalue weighted by atomic mass is 32.1. The van der Waals surface area contributed by atoms with Gasteiger partial charge in [0.15, 0.2) is 5.82 Å². The van der Waals surface area contributed by atoms with Crippen molar-refractivity contribution in [2.24, 2.45) is 0 Å². The number of hydrogen-bond donors (Lipinski definition) is 1. The van der Waals surface area contributed by atoms with Gasteiger partial charge >= 0.3 is 6.18 Å². The minimum Gasteiger partial charge on any atom is -0.358 e. The lowest BCUT2D eigenvalue weighted by atomic mass is 10.1. The Balaban J connectivity index is 1.24. The van der Waals surface area contributed by atoms with Crippen molar-refractivity contribution in [3.05, 3.63) is 71.5 Å². The van der Waals surface area contributed by atoms with Crippen LogP contribution in [-0.4, -0.2) is 66.4 Å². The first-order chi connectivity index (χ1) is 18.8. The average molecular weight is 553 g/mol. The molecule has 0 bridgehead atoms. The molecule has 2 aromatic carbocycles. The molecular weight excluding hydrogens is 529 g/mol. The molecular formula is C26H23F3N8OS. The topological polar surface area (TPSA) is 95.8 Å². The SMILES string of the molecule is C[C@@H]1CN(c2sc(C(F)(F)F)nc2-c2nc3ccccc3[nH]2)CCN1C(=O)Cc1ccccc1-n1nccn1. The van der Waals surface area contributed by atoms with E-state index in [0.717, 1.165) is 16.8 Å². The maximum atomic E-state index is 13.7. The summed E-state index contributed by atoms with van der Waals surface area (Å²) in [4.78, 5) is 30.0. The molecule has 4 heterocycles. The molecule has 0 radical (unpaired) electrons. The lowest BCUT2D eigenvalue weighted by molar-refractivity contribution is -0.137. The fourth-order valence-electron chi connectivity index (χ4n) is 4.84. The maximum absolute atomic E-state index is 13.7. The number of benzene rings is 2. The summed E-state index contributed by atoms with van der Waals surface area (Å²) in [5.41, 5.74) is 3.04. The predicted molar refractivity (Wildman–Crippen MR) is 141 cm³/mol. The standard InChI is InChI=1S/C26H23F3N8OS/c1-16-15-35(12-13-36(16)21(38)14-17-6-2-5-9-20(17)37-30-10-11-31-37)24-22(34-25(39-24)26(27,28)29)23-32-18-7-3-4-8-19(18)33-23/h2-11,16H,12-15H2,1H3,(H,32,33)/t16-/m1/s1. The van der Waals surface area contributed by atoms with Crippen LogP contribution in [0.25, 0.3) is 28.2 Å². The van der Waals surface area contributed by atoms with Crippen molar-refractivity contribution in [2.45, 2.75) is 25.6 Å². The molecule has 39 heavy (non-hydrogen) atoms. The molecule has 1 amide bonds. The van der Waals surface area contributed by atoms with Gasteiger partial charge in [-0.3, -0.25) is 4.79 Å². The Morgan fingerprint density at radius 3 is 2.54 bits per heavy atom. The Morgan fingerprint density at radius 2 is 1.79 bits per heavy atom. The molecule has 0 aliphatic carbocycles. The number of thiazole rings is 1. The number of rotatable bonds is 5. The Hall–Kier alpha value is -4.26. The van der Waals surface area contributed by atoms with Crippen LogP contribution in [0.1, 0.15) is 17.5 Å². The number of aromatic amines is 1. The zero-order chi connectivity index (χ0) is 27.1. The van der Waals surface area contributed by atoms with Crippen LogP contribution in [-0.2, 0) is 17.4 Å². The summed E-state index contributed by atoms with van der Waals surface area (Å²) >= 11 is 0.602. The van der Waals surface area contributed by atoms with Crippen LogP contribution in [0, 0.1) is 0 Å². The average Bonchev–Trinajstić information content (AvgIpc) is 3.68. The molecule has 9 nitrogen and oxygen atoms in total. The van der Waals surface area contributed by atoms with Gasteiger partial charge in [-0.15, -0.1) is 0 Å². The van der Waals surface area contributed by atoms with E-state index in [2.05, 4.69) is 25.1 Å². The van der Waals surface area contributed by atoms with Gasteiger partial charge in [-0.25, -0.2) is 9.97 Å². The van der Waals surface area contributed by atoms with E-state index >= 15 is 0 Å². The minimum absolute atomic E-state index is 0.0699. The van der Waals surface area contributed by atoms with Gasteiger partial charge in [0, 0.05) is 25.7 Å². The van der Waals surface area contributed by atoms with E-state index in [9.17, 15) is 18.0 Å². The molecule has 0 spiro atoms. The summed E-state index contributed by atoms with van der Waals surface area (Å²) in [6.45, 7) is 2.99. The fourth-order valence-corrected chi connectivity index (χ4v) is 5.81. The molecule has 200 valence electrons. The van der Waals surface area contributed by atoms with Gasteiger partial charge in [0.05, 0.1) is 35.5 Å². The molecule has 1 aliphatic heterocycles. The van der Waals surface area contributed by atoms with E-state index < -0.39 is 11.2 Å². The predicted octanol–water partition coefficient (Wildman–Crippen LogP) is 4.57. The van der Waals surface area contributed by atoms with E-state index in [1.165, 1.54) is 4.80 Å². The third kappa shape index (κ3) is 4.85. The van der Waals surface area contributed by atoms with E-state index in [1.807, 2.05) is 54.3 Å². The van der Waals surface area contributed by atoms with Crippen molar-refractivity contribution in [3.8, 4) is 17.2 Å². The van der Waals surface area contributed by atoms with E-state index in [-0.39, 0.29) is 29.9 Å². The summed E-state index contributed by atoms with van der Waals surface area (Å²) in [7, 11) is 0. The number of alkyl halides is 3. The molecule has 1 fully saturated rings. The quantitative estimate of drug-likeness (QED) is 0.343. The van der Waals surface area contributed by atoms with Crippen LogP contribution < -0.4 is 4.90 Å². The summed E-state index contributed by atoms with van der Waals surface area (Å²) in [5, 5.41) is 7.80. The maximum Gasteiger partial charge on any atom is 0.443 e. The van der Waals surface area contributed by atoms with Gasteiger partial charge in [0.1, 0.15) is 10.7 Å². The number of piperazine rings is 1. The second-order valence-electron chi connectivity index (χ2n) is 9.28. The fraction of sp³-hybridized carbons (Fsp3) is 0.269. The van der Waals surface area contributed by atoms with Crippen LogP contribution in [0.5, 0.6) is 0 Å². The normalized spacial score (nSPS) is 16.3. The number of nitrogens with one attached hydrogen (secondary N) is 1. The van der Waals surface area contributed by atoms with Crippen molar-refractivity contribution < 1.29 is 18.0 Å². The third-order valence-corrected chi connectivity index (χ3v) is 7.83. The molecule has 0 unspecified atom stereocenters. The number of nitrogens with zero attached hydrogens (tertiary/aromatic N) is 7. The number of fused-ring (bicyclic) bond motifs is 1. The van der Waals surface area contributed by atoms with Crippen molar-refractivity contribution >= 4 is 33.3 Å². The zero-order valence-electron chi connectivity index (χ0n) is 20.8. The molecule has 0 saturated carbocycles. The van der Waals surface area contributed by atoms with Crippen molar-refractivity contribution in [1.82, 2.24) is 34.8 Å². The van der Waals surface area contributed by atoms with Gasteiger partial charge < -0.3 is 14.8 Å². The molecule has 3 aromatic heterocycles. The summed E-state index contributed by atoms with van der Waals surface area (Å²) in [6.07, 6.45) is -1.28. The zero-order valence-corrected chi connectivity index (χ0v) is 21.6. The number of halogens is 3. The highest BCUT2D eigenvalue weighted by molar-refractivity contribution is 7.16. The van der Waals surface area contributed by atoms with Crippen LogP contribution in [0.3, 0.4) is 0 Å². The van der Waals surface area contributed by atoms with Crippen LogP contribution in [0.2, 0.25) is 0 Å². The molecule has 1 saturated heterocycles. The molecule has 1 N–H and O–H groups in total. The number of hydrogen-bond acceptors (Lipinski definition) is 7. The number of H-pyrrole nitrogens is 1. The number of imidazole rings is 1. The van der Waals surface area contributed by atoms with Gasteiger partial charge in [-0.2, -0.15) is 28.2 Å². The highest BCUT2D eigenvalue weighted by Crippen LogP contribution is 2.42. The number of carbonyl (C=O) groups is 1. The van der Waals surface area contributed by atoms with E-state index in [1.54, 1.807) is 23.4 Å². The largest absolute Gasteiger partial charge is 0.443 e. The highest BCUT2D eigenvalue weighted by Gasteiger charge is 2.39. The first-order valence-corrected chi connectivity index (χ1v) is 13.1. The first kappa shape index (κ1) is 25.0. The summed E-state index contributed by atoms with van der Waals surface area (Å²) < 4.78 is 41.1. The molecule has 13 heteroatoms. The first-order valence-electron chi connectivity index (χ1n) is 12.3. The Morgan fingerprint density at radius 1 is 1.05 bits per heavy atom. The number of carbonyl (C=O) groups excluding carboxylic acids is 1. The molecule has 5 aromatic rings. The summed E-state index contributed by atoms with van der Waals surface area (Å²) in [5.74, 6) is 0.215. The van der Waals surface area contributed by atoms with Crippen LogP contribution in [0.15, 0.2) is 60.9 Å². The second-order valence-corrected chi connectivity index (χ2v) is 10.3. The molecule has 1 aliphatic rings. The number of amides is 1.